The number of nitrogens with two attached hydrogens (primary N) is 1. The van der Waals surface area contributed by atoms with Gasteiger partial charge in [-0.15, -0.1) is 4.91 Å². The second kappa shape index (κ2) is 5.21. The number of nitroso groups, excluding NO2 is 1. The predicted molar refractivity (Wildman–Crippen MR) is 61.8 cm³/mol. The summed E-state index contributed by atoms with van der Waals surface area (Å²) in [5, 5.41) is 20.2. The normalized spacial score (nSPS) is 9.75. The topological polar surface area (TPSA) is 122 Å². The molecule has 0 fully saturated rings. The van der Waals surface area contributed by atoms with Crippen LogP contribution in [0.5, 0.6) is 0 Å². The van der Waals surface area contributed by atoms with Gasteiger partial charge in [0.1, 0.15) is 5.69 Å². The van der Waals surface area contributed by atoms with Crippen molar-refractivity contribution in [3.05, 3.63) is 38.8 Å². The van der Waals surface area contributed by atoms with E-state index in [4.69, 9.17) is 11.1 Å². The van der Waals surface area contributed by atoms with Gasteiger partial charge in [-0.3, -0.25) is 15.5 Å². The van der Waals surface area contributed by atoms with Crippen LogP contribution in [-0.4, -0.2) is 10.1 Å². The van der Waals surface area contributed by atoms with Crippen molar-refractivity contribution in [2.75, 3.05) is 0 Å². The molecule has 0 saturated heterocycles. The van der Waals surface area contributed by atoms with Crippen molar-refractivity contribution in [2.24, 2.45) is 10.9 Å². The van der Waals surface area contributed by atoms with Crippen molar-refractivity contribution in [2.45, 2.75) is 5.75 Å². The monoisotopic (exact) mass is 240 g/mol. The minimum absolute atomic E-state index is 0.119. The molecule has 0 amide bonds. The van der Waals surface area contributed by atoms with Gasteiger partial charge in [0, 0.05) is 17.9 Å². The molecule has 84 valence electrons. The fraction of sp³-hybridized carbons (Fsp3) is 0.125. The molecule has 0 aliphatic heterocycles. The van der Waals surface area contributed by atoms with Crippen LogP contribution < -0.4 is 5.73 Å². The third kappa shape index (κ3) is 3.02. The van der Waals surface area contributed by atoms with Gasteiger partial charge in [0.05, 0.1) is 4.92 Å². The lowest BCUT2D eigenvalue weighted by Gasteiger charge is -2.02. The molecular weight excluding hydrogens is 232 g/mol. The van der Waals surface area contributed by atoms with Crippen LogP contribution in [0.3, 0.4) is 0 Å². The lowest BCUT2D eigenvalue weighted by atomic mass is 10.2. The highest BCUT2D eigenvalue weighted by atomic mass is 32.2. The van der Waals surface area contributed by atoms with E-state index in [1.807, 2.05) is 0 Å². The number of non-ortho nitro benzene ring substituents is 1. The fourth-order valence-electron chi connectivity index (χ4n) is 1.05. The Morgan fingerprint density at radius 1 is 1.62 bits per heavy atom. The van der Waals surface area contributed by atoms with Crippen molar-refractivity contribution in [1.29, 1.82) is 5.41 Å². The van der Waals surface area contributed by atoms with Gasteiger partial charge in [-0.05, 0) is 16.8 Å². The lowest BCUT2D eigenvalue weighted by Crippen LogP contribution is -2.04. The minimum Gasteiger partial charge on any atom is -0.379 e. The van der Waals surface area contributed by atoms with E-state index in [0.29, 0.717) is 5.56 Å². The number of nitro groups is 1. The van der Waals surface area contributed by atoms with Crippen LogP contribution in [0.2, 0.25) is 0 Å². The molecule has 0 aromatic heterocycles. The highest BCUT2D eigenvalue weighted by Gasteiger charge is 2.11. The van der Waals surface area contributed by atoms with Crippen LogP contribution >= 0.6 is 11.8 Å². The summed E-state index contributed by atoms with van der Waals surface area (Å²) >= 11 is 0.974. The number of nitrogens with zero attached hydrogens (tertiary/aromatic N) is 2. The van der Waals surface area contributed by atoms with Crippen molar-refractivity contribution in [1.82, 2.24) is 0 Å². The Morgan fingerprint density at radius 3 is 2.81 bits per heavy atom. The Hall–Kier alpha value is -1.96. The molecule has 0 atom stereocenters. The first-order valence-electron chi connectivity index (χ1n) is 4.12. The maximum absolute atomic E-state index is 10.5. The summed E-state index contributed by atoms with van der Waals surface area (Å²) < 4.78 is 0. The molecule has 7 nitrogen and oxygen atoms in total. The van der Waals surface area contributed by atoms with Crippen LogP contribution in [0.1, 0.15) is 5.56 Å². The molecule has 0 bridgehead atoms. The standard InChI is InChI=1S/C8H8N4O3S/c9-8(10)16-4-5-3-6(12(14)15)1-2-7(5)11-13/h1-3H,4H2,(H3,9,10). The second-order valence-electron chi connectivity index (χ2n) is 2.81. The Balaban J connectivity index is 3.01. The van der Waals surface area contributed by atoms with Crippen LogP contribution in [0.15, 0.2) is 23.4 Å². The summed E-state index contributed by atoms with van der Waals surface area (Å²) in [7, 11) is 0. The predicted octanol–water partition coefficient (Wildman–Crippen LogP) is 2.12. The summed E-state index contributed by atoms with van der Waals surface area (Å²) in [6.07, 6.45) is 0. The summed E-state index contributed by atoms with van der Waals surface area (Å²) in [6, 6.07) is 3.74. The zero-order valence-corrected chi connectivity index (χ0v) is 8.86. The SMILES string of the molecule is N=C(N)SCc1cc([N+](=O)[O-])ccc1N=O. The average Bonchev–Trinajstić information content (AvgIpc) is 2.25. The Kier molecular flexibility index (Phi) is 3.95. The van der Waals surface area contributed by atoms with E-state index in [1.165, 1.54) is 18.2 Å². The number of nitro benzene ring substituents is 1. The van der Waals surface area contributed by atoms with Gasteiger partial charge in [0.2, 0.25) is 0 Å². The van der Waals surface area contributed by atoms with E-state index in [-0.39, 0.29) is 22.3 Å². The highest BCUT2D eigenvalue weighted by molar-refractivity contribution is 8.13. The van der Waals surface area contributed by atoms with Gasteiger partial charge in [0.15, 0.2) is 5.17 Å². The maximum Gasteiger partial charge on any atom is 0.269 e. The van der Waals surface area contributed by atoms with Crippen molar-refractivity contribution in [3.63, 3.8) is 0 Å². The number of nitrogens with one attached hydrogen (secondary N) is 1. The summed E-state index contributed by atoms with van der Waals surface area (Å²) in [5.41, 5.74) is 5.53. The smallest absolute Gasteiger partial charge is 0.269 e. The quantitative estimate of drug-likeness (QED) is 0.274. The molecule has 1 aromatic rings. The van der Waals surface area contributed by atoms with E-state index in [9.17, 15) is 15.0 Å². The van der Waals surface area contributed by atoms with Gasteiger partial charge in [-0.25, -0.2) is 0 Å². The van der Waals surface area contributed by atoms with E-state index in [2.05, 4.69) is 5.18 Å². The Labute approximate surface area is 94.7 Å². The van der Waals surface area contributed by atoms with E-state index >= 15 is 0 Å². The molecule has 0 aliphatic rings. The molecule has 16 heavy (non-hydrogen) atoms. The molecule has 0 aliphatic carbocycles. The average molecular weight is 240 g/mol. The fourth-order valence-corrected chi connectivity index (χ4v) is 1.59. The van der Waals surface area contributed by atoms with Crippen LogP contribution in [0, 0.1) is 20.4 Å². The lowest BCUT2D eigenvalue weighted by molar-refractivity contribution is -0.384. The van der Waals surface area contributed by atoms with E-state index in [0.717, 1.165) is 11.8 Å². The molecule has 0 unspecified atom stereocenters. The molecule has 0 radical (unpaired) electrons. The second-order valence-corrected chi connectivity index (χ2v) is 3.83. The van der Waals surface area contributed by atoms with Gasteiger partial charge >= 0.3 is 0 Å². The Morgan fingerprint density at radius 2 is 2.31 bits per heavy atom. The van der Waals surface area contributed by atoms with Crippen LogP contribution in [0.25, 0.3) is 0 Å². The van der Waals surface area contributed by atoms with Gasteiger partial charge in [-0.2, -0.15) is 0 Å². The number of amidine groups is 1. The molecule has 1 rings (SSSR count). The molecule has 0 heterocycles. The number of hydrogen-bond acceptors (Lipinski definition) is 6. The van der Waals surface area contributed by atoms with Crippen molar-refractivity contribution < 1.29 is 4.92 Å². The molecule has 8 heteroatoms. The molecule has 3 N–H and O–H groups in total. The van der Waals surface area contributed by atoms with Gasteiger partial charge in [0.25, 0.3) is 5.69 Å². The number of rotatable bonds is 4. The molecular formula is C8H8N4O3S. The van der Waals surface area contributed by atoms with Crippen molar-refractivity contribution >= 4 is 28.3 Å². The molecule has 1 aromatic carbocycles. The zero-order chi connectivity index (χ0) is 12.1. The minimum atomic E-state index is -0.559. The third-order valence-electron chi connectivity index (χ3n) is 1.76. The van der Waals surface area contributed by atoms with Crippen LogP contribution in [0.4, 0.5) is 11.4 Å². The largest absolute Gasteiger partial charge is 0.379 e. The number of hydrogen-bond donors (Lipinski definition) is 2. The third-order valence-corrected chi connectivity index (χ3v) is 2.52. The van der Waals surface area contributed by atoms with E-state index in [1.54, 1.807) is 0 Å². The zero-order valence-electron chi connectivity index (χ0n) is 8.04. The first-order valence-corrected chi connectivity index (χ1v) is 5.10. The number of benzene rings is 1. The summed E-state index contributed by atoms with van der Waals surface area (Å²) in [5.74, 6) is 0.206. The maximum atomic E-state index is 10.5. The van der Waals surface area contributed by atoms with E-state index < -0.39 is 4.92 Å². The molecule has 0 spiro atoms. The van der Waals surface area contributed by atoms with Gasteiger partial charge < -0.3 is 5.73 Å². The highest BCUT2D eigenvalue weighted by Crippen LogP contribution is 2.27. The Bertz CT molecular complexity index is 449. The van der Waals surface area contributed by atoms with Crippen molar-refractivity contribution in [3.8, 4) is 0 Å². The van der Waals surface area contributed by atoms with Crippen LogP contribution in [-0.2, 0) is 5.75 Å². The first kappa shape index (κ1) is 12.1. The molecule has 0 saturated carbocycles. The first-order chi connectivity index (χ1) is 7.54. The summed E-state index contributed by atoms with van der Waals surface area (Å²) in [4.78, 5) is 20.4. The number of thioether (sulfide) groups is 1. The van der Waals surface area contributed by atoms with Gasteiger partial charge in [-0.1, -0.05) is 11.8 Å². The summed E-state index contributed by atoms with van der Waals surface area (Å²) in [6.45, 7) is 0.